The minimum atomic E-state index is 0.801. The van der Waals surface area contributed by atoms with Crippen molar-refractivity contribution in [3.8, 4) is 0 Å². The summed E-state index contributed by atoms with van der Waals surface area (Å²) in [4.78, 5) is 0. The lowest BCUT2D eigenvalue weighted by molar-refractivity contribution is 0.608. The van der Waals surface area contributed by atoms with E-state index in [1.807, 2.05) is 12.1 Å². The van der Waals surface area contributed by atoms with Gasteiger partial charge in [0.2, 0.25) is 0 Å². The Morgan fingerprint density at radius 2 is 2.12 bits per heavy atom. The number of hydrogen-bond donors (Lipinski definition) is 2. The number of nitrogens with one attached hydrogen (secondary N) is 2. The van der Waals surface area contributed by atoms with Gasteiger partial charge in [-0.15, -0.1) is 0 Å². The van der Waals surface area contributed by atoms with Crippen molar-refractivity contribution in [3.05, 3.63) is 34.3 Å². The SMILES string of the molecule is Cc1ccc(Cl)cc1CNCCNC1CC1. The largest absolute Gasteiger partial charge is 0.313 e. The quantitative estimate of drug-likeness (QED) is 0.745. The van der Waals surface area contributed by atoms with Gasteiger partial charge >= 0.3 is 0 Å². The van der Waals surface area contributed by atoms with Gasteiger partial charge in [-0.05, 0) is 43.0 Å². The van der Waals surface area contributed by atoms with Crippen molar-refractivity contribution in [2.45, 2.75) is 32.4 Å². The van der Waals surface area contributed by atoms with Gasteiger partial charge in [0.1, 0.15) is 0 Å². The molecule has 0 amide bonds. The number of aryl methyl sites for hydroxylation is 1. The Balaban J connectivity index is 1.69. The normalized spacial score (nSPS) is 15.4. The van der Waals surface area contributed by atoms with Crippen LogP contribution >= 0.6 is 11.6 Å². The average Bonchev–Trinajstić information content (AvgIpc) is 3.06. The van der Waals surface area contributed by atoms with E-state index in [2.05, 4.69) is 23.6 Å². The molecule has 1 fully saturated rings. The molecule has 2 nitrogen and oxygen atoms in total. The van der Waals surface area contributed by atoms with Crippen molar-refractivity contribution >= 4 is 11.6 Å². The summed E-state index contributed by atoms with van der Waals surface area (Å²) in [7, 11) is 0. The van der Waals surface area contributed by atoms with E-state index in [4.69, 9.17) is 11.6 Å². The molecular weight excluding hydrogens is 220 g/mol. The first kappa shape index (κ1) is 11.9. The number of halogens is 1. The molecule has 2 N–H and O–H groups in total. The molecule has 0 aromatic heterocycles. The van der Waals surface area contributed by atoms with Gasteiger partial charge < -0.3 is 10.6 Å². The molecule has 0 spiro atoms. The highest BCUT2D eigenvalue weighted by Crippen LogP contribution is 2.18. The van der Waals surface area contributed by atoms with E-state index in [1.54, 1.807) is 0 Å². The summed E-state index contributed by atoms with van der Waals surface area (Å²) in [6.45, 7) is 5.10. The molecule has 88 valence electrons. The highest BCUT2D eigenvalue weighted by atomic mass is 35.5. The van der Waals surface area contributed by atoms with E-state index < -0.39 is 0 Å². The van der Waals surface area contributed by atoms with Crippen molar-refractivity contribution < 1.29 is 0 Å². The summed E-state index contributed by atoms with van der Waals surface area (Å²) in [5.74, 6) is 0. The summed E-state index contributed by atoms with van der Waals surface area (Å²) in [6, 6.07) is 6.85. The summed E-state index contributed by atoms with van der Waals surface area (Å²) in [5.41, 5.74) is 2.59. The lowest BCUT2D eigenvalue weighted by Crippen LogP contribution is -2.28. The van der Waals surface area contributed by atoms with Crippen molar-refractivity contribution in [1.29, 1.82) is 0 Å². The van der Waals surface area contributed by atoms with Crippen LogP contribution in [-0.2, 0) is 6.54 Å². The third kappa shape index (κ3) is 3.78. The molecule has 1 aromatic carbocycles. The molecule has 2 rings (SSSR count). The van der Waals surface area contributed by atoms with Gasteiger partial charge in [0.25, 0.3) is 0 Å². The van der Waals surface area contributed by atoms with Crippen molar-refractivity contribution in [2.75, 3.05) is 13.1 Å². The Morgan fingerprint density at radius 1 is 1.31 bits per heavy atom. The van der Waals surface area contributed by atoms with Gasteiger partial charge in [-0.3, -0.25) is 0 Å². The zero-order valence-corrected chi connectivity index (χ0v) is 10.5. The van der Waals surface area contributed by atoms with Gasteiger partial charge in [0.05, 0.1) is 0 Å². The highest BCUT2D eigenvalue weighted by Gasteiger charge is 2.19. The Kier molecular flexibility index (Phi) is 4.22. The van der Waals surface area contributed by atoms with Crippen LogP contribution in [0.5, 0.6) is 0 Å². The molecule has 3 heteroatoms. The number of benzene rings is 1. The minimum absolute atomic E-state index is 0.801. The minimum Gasteiger partial charge on any atom is -0.313 e. The average molecular weight is 239 g/mol. The van der Waals surface area contributed by atoms with Gasteiger partial charge in [-0.2, -0.15) is 0 Å². The number of hydrogen-bond acceptors (Lipinski definition) is 2. The maximum Gasteiger partial charge on any atom is 0.0409 e. The predicted octanol–water partition coefficient (Wildman–Crippen LogP) is 2.49. The van der Waals surface area contributed by atoms with Crippen molar-refractivity contribution in [3.63, 3.8) is 0 Å². The van der Waals surface area contributed by atoms with Gasteiger partial charge in [0, 0.05) is 30.7 Å². The van der Waals surface area contributed by atoms with E-state index in [0.29, 0.717) is 0 Å². The molecule has 0 bridgehead atoms. The molecule has 0 saturated heterocycles. The van der Waals surface area contributed by atoms with E-state index in [9.17, 15) is 0 Å². The first-order valence-electron chi connectivity index (χ1n) is 5.95. The molecular formula is C13H19ClN2. The van der Waals surface area contributed by atoms with Gasteiger partial charge in [-0.1, -0.05) is 17.7 Å². The molecule has 0 unspecified atom stereocenters. The summed E-state index contributed by atoms with van der Waals surface area (Å²) in [6.07, 6.45) is 2.71. The van der Waals surface area contributed by atoms with Crippen LogP contribution in [0.25, 0.3) is 0 Å². The molecule has 0 heterocycles. The van der Waals surface area contributed by atoms with Crippen LogP contribution in [0.3, 0.4) is 0 Å². The summed E-state index contributed by atoms with van der Waals surface area (Å²) >= 11 is 5.97. The summed E-state index contributed by atoms with van der Waals surface area (Å²) < 4.78 is 0. The fourth-order valence-electron chi connectivity index (χ4n) is 1.71. The monoisotopic (exact) mass is 238 g/mol. The topological polar surface area (TPSA) is 24.1 Å². The maximum atomic E-state index is 5.97. The van der Waals surface area contributed by atoms with Crippen molar-refractivity contribution in [1.82, 2.24) is 10.6 Å². The second-order valence-corrected chi connectivity index (χ2v) is 4.91. The zero-order chi connectivity index (χ0) is 11.4. The highest BCUT2D eigenvalue weighted by molar-refractivity contribution is 6.30. The van der Waals surface area contributed by atoms with Gasteiger partial charge in [0.15, 0.2) is 0 Å². The zero-order valence-electron chi connectivity index (χ0n) is 9.72. The second-order valence-electron chi connectivity index (χ2n) is 4.48. The Labute approximate surface area is 102 Å². The van der Waals surface area contributed by atoms with Crippen LogP contribution < -0.4 is 10.6 Å². The Morgan fingerprint density at radius 3 is 2.88 bits per heavy atom. The predicted molar refractivity (Wildman–Crippen MR) is 68.9 cm³/mol. The van der Waals surface area contributed by atoms with E-state index >= 15 is 0 Å². The lowest BCUT2D eigenvalue weighted by Gasteiger charge is -2.08. The maximum absolute atomic E-state index is 5.97. The Bertz CT molecular complexity index is 348. The lowest BCUT2D eigenvalue weighted by atomic mass is 10.1. The van der Waals surface area contributed by atoms with Crippen LogP contribution in [0.15, 0.2) is 18.2 Å². The van der Waals surface area contributed by atoms with Crippen molar-refractivity contribution in [2.24, 2.45) is 0 Å². The molecule has 0 aliphatic heterocycles. The standard InChI is InChI=1S/C13H19ClN2/c1-10-2-3-12(14)8-11(10)9-15-6-7-16-13-4-5-13/h2-3,8,13,15-16H,4-7,9H2,1H3. The molecule has 0 radical (unpaired) electrons. The molecule has 1 aliphatic rings. The smallest absolute Gasteiger partial charge is 0.0409 e. The van der Waals surface area contributed by atoms with E-state index in [1.165, 1.54) is 24.0 Å². The van der Waals surface area contributed by atoms with Gasteiger partial charge in [-0.25, -0.2) is 0 Å². The first-order chi connectivity index (χ1) is 7.75. The third-order valence-electron chi connectivity index (χ3n) is 2.94. The fourth-order valence-corrected chi connectivity index (χ4v) is 1.90. The molecule has 1 saturated carbocycles. The first-order valence-corrected chi connectivity index (χ1v) is 6.32. The molecule has 1 aliphatic carbocycles. The van der Waals surface area contributed by atoms with Crippen LogP contribution in [-0.4, -0.2) is 19.1 Å². The van der Waals surface area contributed by atoms with E-state index in [-0.39, 0.29) is 0 Å². The van der Waals surface area contributed by atoms with Crippen LogP contribution in [0, 0.1) is 6.92 Å². The van der Waals surface area contributed by atoms with E-state index in [0.717, 1.165) is 30.7 Å². The molecule has 16 heavy (non-hydrogen) atoms. The number of rotatable bonds is 6. The van der Waals surface area contributed by atoms with Crippen LogP contribution in [0.1, 0.15) is 24.0 Å². The molecule has 1 aromatic rings. The third-order valence-corrected chi connectivity index (χ3v) is 3.17. The fraction of sp³-hybridized carbons (Fsp3) is 0.538. The van der Waals surface area contributed by atoms with Crippen LogP contribution in [0.2, 0.25) is 5.02 Å². The van der Waals surface area contributed by atoms with Crippen LogP contribution in [0.4, 0.5) is 0 Å². The summed E-state index contributed by atoms with van der Waals surface area (Å²) in [5, 5.41) is 7.73. The molecule has 0 atom stereocenters. The Hall–Kier alpha value is -0.570. The second kappa shape index (κ2) is 5.67.